The lowest BCUT2D eigenvalue weighted by atomic mass is 10.1. The number of hydrogen-bond donors (Lipinski definition) is 0. The number of aromatic nitrogens is 2. The van der Waals surface area contributed by atoms with Gasteiger partial charge in [-0.25, -0.2) is 9.78 Å². The van der Waals surface area contributed by atoms with E-state index in [1.165, 1.54) is 10.6 Å². The van der Waals surface area contributed by atoms with Crippen LogP contribution in [0.15, 0.2) is 58.8 Å². The summed E-state index contributed by atoms with van der Waals surface area (Å²) in [5, 5.41) is 2.94. The predicted molar refractivity (Wildman–Crippen MR) is 93.3 cm³/mol. The van der Waals surface area contributed by atoms with Crippen LogP contribution >= 0.6 is 11.3 Å². The Kier molecular flexibility index (Phi) is 4.86. The first-order valence-electron chi connectivity index (χ1n) is 7.48. The Morgan fingerprint density at radius 1 is 1.25 bits per heavy atom. The summed E-state index contributed by atoms with van der Waals surface area (Å²) in [6, 6.07) is 12.1. The van der Waals surface area contributed by atoms with Gasteiger partial charge in [0, 0.05) is 23.2 Å². The second kappa shape index (κ2) is 7.23. The summed E-state index contributed by atoms with van der Waals surface area (Å²) in [5.41, 5.74) is 2.09. The van der Waals surface area contributed by atoms with Gasteiger partial charge in [0.15, 0.2) is 0 Å². The van der Waals surface area contributed by atoms with Crippen molar-refractivity contribution in [2.24, 2.45) is 0 Å². The van der Waals surface area contributed by atoms with Crippen molar-refractivity contribution in [1.29, 1.82) is 0 Å². The average molecular weight is 340 g/mol. The maximum Gasteiger partial charge on any atom is 0.338 e. The lowest BCUT2D eigenvalue weighted by Crippen LogP contribution is -2.21. The summed E-state index contributed by atoms with van der Waals surface area (Å²) < 4.78 is 6.77. The Hall–Kier alpha value is -2.73. The standard InChI is InChI=1S/C18H16N2O3S/c1-13-19-16(12-24-13)14-5-4-6-15(11-14)18(22)23-10-9-20-8-3-2-7-17(20)21/h2-8,11-12H,9-10H2,1H3. The molecular formula is C18H16N2O3S. The zero-order chi connectivity index (χ0) is 16.9. The Morgan fingerprint density at radius 2 is 2.12 bits per heavy atom. The number of esters is 1. The number of carbonyl (C=O) groups is 1. The first-order chi connectivity index (χ1) is 11.6. The van der Waals surface area contributed by atoms with Crippen LogP contribution in [0.4, 0.5) is 0 Å². The molecule has 3 aromatic rings. The largest absolute Gasteiger partial charge is 0.460 e. The van der Waals surface area contributed by atoms with Gasteiger partial charge in [0.1, 0.15) is 6.61 Å². The molecule has 3 rings (SSSR count). The van der Waals surface area contributed by atoms with Gasteiger partial charge >= 0.3 is 5.97 Å². The van der Waals surface area contributed by atoms with Crippen LogP contribution in [-0.2, 0) is 11.3 Å². The summed E-state index contributed by atoms with van der Waals surface area (Å²) in [6.45, 7) is 2.41. The van der Waals surface area contributed by atoms with Gasteiger partial charge in [-0.2, -0.15) is 0 Å². The van der Waals surface area contributed by atoms with E-state index >= 15 is 0 Å². The molecule has 5 nitrogen and oxygen atoms in total. The van der Waals surface area contributed by atoms with E-state index in [1.54, 1.807) is 41.8 Å². The monoisotopic (exact) mass is 340 g/mol. The molecule has 122 valence electrons. The van der Waals surface area contributed by atoms with Crippen molar-refractivity contribution in [3.63, 3.8) is 0 Å². The fourth-order valence-corrected chi connectivity index (χ4v) is 2.89. The van der Waals surface area contributed by atoms with E-state index in [4.69, 9.17) is 4.74 Å². The molecule has 24 heavy (non-hydrogen) atoms. The number of thiazole rings is 1. The molecule has 0 bridgehead atoms. The Balaban J connectivity index is 1.65. The number of pyridine rings is 1. The lowest BCUT2D eigenvalue weighted by molar-refractivity contribution is 0.0490. The van der Waals surface area contributed by atoms with E-state index in [0.29, 0.717) is 12.1 Å². The van der Waals surface area contributed by atoms with Crippen LogP contribution in [0.3, 0.4) is 0 Å². The van der Waals surface area contributed by atoms with Crippen LogP contribution in [0.25, 0.3) is 11.3 Å². The van der Waals surface area contributed by atoms with Crippen LogP contribution < -0.4 is 5.56 Å². The highest BCUT2D eigenvalue weighted by molar-refractivity contribution is 7.09. The van der Waals surface area contributed by atoms with Gasteiger partial charge in [0.2, 0.25) is 0 Å². The minimum absolute atomic E-state index is 0.116. The number of benzene rings is 1. The average Bonchev–Trinajstić information content (AvgIpc) is 3.03. The quantitative estimate of drug-likeness (QED) is 0.670. The number of carbonyl (C=O) groups excluding carboxylic acids is 1. The molecule has 0 aliphatic rings. The van der Waals surface area contributed by atoms with E-state index < -0.39 is 5.97 Å². The van der Waals surface area contributed by atoms with Crippen LogP contribution in [0, 0.1) is 6.92 Å². The highest BCUT2D eigenvalue weighted by atomic mass is 32.1. The van der Waals surface area contributed by atoms with Gasteiger partial charge in [-0.3, -0.25) is 4.79 Å². The Bertz CT molecular complexity index is 914. The molecular weight excluding hydrogens is 324 g/mol. The topological polar surface area (TPSA) is 61.2 Å². The molecule has 0 spiro atoms. The second-order valence-electron chi connectivity index (χ2n) is 5.20. The molecule has 0 saturated heterocycles. The summed E-state index contributed by atoms with van der Waals surface area (Å²) in [7, 11) is 0. The van der Waals surface area contributed by atoms with Crippen molar-refractivity contribution in [2.45, 2.75) is 13.5 Å². The lowest BCUT2D eigenvalue weighted by Gasteiger charge is -2.07. The molecule has 1 aromatic carbocycles. The second-order valence-corrected chi connectivity index (χ2v) is 6.26. The molecule has 0 saturated carbocycles. The van der Waals surface area contributed by atoms with Crippen molar-refractivity contribution < 1.29 is 9.53 Å². The molecule has 2 aromatic heterocycles. The fourth-order valence-electron chi connectivity index (χ4n) is 2.27. The summed E-state index contributed by atoms with van der Waals surface area (Å²) in [4.78, 5) is 28.2. The van der Waals surface area contributed by atoms with Gasteiger partial charge in [0.25, 0.3) is 5.56 Å². The number of aryl methyl sites for hydroxylation is 1. The Labute approximate surface area is 143 Å². The van der Waals surface area contributed by atoms with Crippen molar-refractivity contribution >= 4 is 17.3 Å². The molecule has 6 heteroatoms. The highest BCUT2D eigenvalue weighted by Crippen LogP contribution is 2.22. The van der Waals surface area contributed by atoms with Crippen molar-refractivity contribution in [2.75, 3.05) is 6.61 Å². The third-order valence-electron chi connectivity index (χ3n) is 3.48. The first-order valence-corrected chi connectivity index (χ1v) is 8.36. The third kappa shape index (κ3) is 3.78. The zero-order valence-electron chi connectivity index (χ0n) is 13.1. The van der Waals surface area contributed by atoms with Crippen LogP contribution in [0.2, 0.25) is 0 Å². The van der Waals surface area contributed by atoms with E-state index in [1.807, 2.05) is 24.4 Å². The van der Waals surface area contributed by atoms with Crippen LogP contribution in [-0.4, -0.2) is 22.1 Å². The molecule has 0 radical (unpaired) electrons. The fraction of sp³-hybridized carbons (Fsp3) is 0.167. The number of nitrogens with zero attached hydrogens (tertiary/aromatic N) is 2. The number of hydrogen-bond acceptors (Lipinski definition) is 5. The summed E-state index contributed by atoms with van der Waals surface area (Å²) in [5.74, 6) is -0.409. The van der Waals surface area contributed by atoms with Gasteiger partial charge < -0.3 is 9.30 Å². The maximum absolute atomic E-state index is 12.2. The molecule has 0 amide bonds. The van der Waals surface area contributed by atoms with Crippen LogP contribution in [0.1, 0.15) is 15.4 Å². The molecule has 0 aliphatic heterocycles. The SMILES string of the molecule is Cc1nc(-c2cccc(C(=O)OCCn3ccccc3=O)c2)cs1. The normalized spacial score (nSPS) is 10.5. The zero-order valence-corrected chi connectivity index (χ0v) is 14.0. The van der Waals surface area contributed by atoms with Gasteiger partial charge in [-0.15, -0.1) is 11.3 Å². The Morgan fingerprint density at radius 3 is 2.88 bits per heavy atom. The first kappa shape index (κ1) is 16.1. The van der Waals surface area contributed by atoms with Crippen molar-refractivity contribution in [3.8, 4) is 11.3 Å². The van der Waals surface area contributed by atoms with E-state index in [-0.39, 0.29) is 12.2 Å². The predicted octanol–water partition coefficient (Wildman–Crippen LogP) is 3.14. The maximum atomic E-state index is 12.2. The van der Waals surface area contributed by atoms with Gasteiger partial charge in [-0.1, -0.05) is 18.2 Å². The van der Waals surface area contributed by atoms with E-state index in [2.05, 4.69) is 4.98 Å². The molecule has 0 unspecified atom stereocenters. The van der Waals surface area contributed by atoms with Crippen molar-refractivity contribution in [1.82, 2.24) is 9.55 Å². The summed E-state index contributed by atoms with van der Waals surface area (Å²) >= 11 is 1.57. The van der Waals surface area contributed by atoms with E-state index in [9.17, 15) is 9.59 Å². The molecule has 0 fully saturated rings. The molecule has 0 N–H and O–H groups in total. The van der Waals surface area contributed by atoms with Gasteiger partial charge in [-0.05, 0) is 25.1 Å². The highest BCUT2D eigenvalue weighted by Gasteiger charge is 2.10. The van der Waals surface area contributed by atoms with Gasteiger partial charge in [0.05, 0.1) is 22.8 Å². The van der Waals surface area contributed by atoms with Crippen molar-refractivity contribution in [3.05, 3.63) is 75.0 Å². The van der Waals surface area contributed by atoms with Crippen LogP contribution in [0.5, 0.6) is 0 Å². The van der Waals surface area contributed by atoms with E-state index in [0.717, 1.165) is 16.3 Å². The summed E-state index contributed by atoms with van der Waals surface area (Å²) in [6.07, 6.45) is 1.67. The smallest absolute Gasteiger partial charge is 0.338 e. The minimum Gasteiger partial charge on any atom is -0.460 e. The minimum atomic E-state index is -0.409. The number of rotatable bonds is 5. The third-order valence-corrected chi connectivity index (χ3v) is 4.25. The molecule has 2 heterocycles. The molecule has 0 aliphatic carbocycles. The molecule has 0 atom stereocenters. The number of ether oxygens (including phenoxy) is 1.